The summed E-state index contributed by atoms with van der Waals surface area (Å²) < 4.78 is 0. The summed E-state index contributed by atoms with van der Waals surface area (Å²) in [6.07, 6.45) is 0. The molecule has 0 aromatic heterocycles. The number of amides is 1. The Morgan fingerprint density at radius 3 is 2.28 bits per heavy atom. The number of hydrogen-bond donors (Lipinski definition) is 2. The van der Waals surface area contributed by atoms with Gasteiger partial charge in [0.05, 0.1) is 6.04 Å². The lowest BCUT2D eigenvalue weighted by Gasteiger charge is -2.25. The quantitative estimate of drug-likeness (QED) is 0.899. The zero-order valence-electron chi connectivity index (χ0n) is 10.9. The minimum atomic E-state index is -0.505. The summed E-state index contributed by atoms with van der Waals surface area (Å²) in [6.45, 7) is 6.30. The Bertz CT molecular complexity index is 385. The Balaban J connectivity index is 0.00000289. The van der Waals surface area contributed by atoms with E-state index in [-0.39, 0.29) is 23.7 Å². The molecule has 18 heavy (non-hydrogen) atoms. The van der Waals surface area contributed by atoms with Gasteiger partial charge in [-0.15, -0.1) is 12.4 Å². The summed E-state index contributed by atoms with van der Waals surface area (Å²) in [5.74, 6) is -0.132. The van der Waals surface area contributed by atoms with E-state index >= 15 is 0 Å². The molecule has 0 heterocycles. The smallest absolute Gasteiger partial charge is 0.237 e. The van der Waals surface area contributed by atoms with Crippen LogP contribution >= 0.6 is 24.0 Å². The molecule has 0 aliphatic carbocycles. The molecule has 0 unspecified atom stereocenters. The highest BCUT2D eigenvalue weighted by atomic mass is 35.5. The first kappa shape index (κ1) is 17.2. The molecule has 0 spiro atoms. The zero-order valence-corrected chi connectivity index (χ0v) is 12.4. The molecule has 0 saturated carbocycles. The third-order valence-electron chi connectivity index (χ3n) is 2.60. The van der Waals surface area contributed by atoms with Gasteiger partial charge in [0.25, 0.3) is 0 Å². The van der Waals surface area contributed by atoms with Crippen molar-refractivity contribution in [2.24, 2.45) is 11.1 Å². The molecule has 3 nitrogen and oxygen atoms in total. The van der Waals surface area contributed by atoms with Gasteiger partial charge in [0.1, 0.15) is 0 Å². The molecular weight excluding hydrogens is 271 g/mol. The maximum absolute atomic E-state index is 11.8. The maximum Gasteiger partial charge on any atom is 0.237 e. The molecular formula is C13H20Cl2N2O. The summed E-state index contributed by atoms with van der Waals surface area (Å²) in [6, 6.07) is 6.85. The van der Waals surface area contributed by atoms with E-state index in [4.69, 9.17) is 17.3 Å². The van der Waals surface area contributed by atoms with E-state index in [1.165, 1.54) is 0 Å². The molecule has 1 rings (SSSR count). The standard InChI is InChI=1S/C13H19ClN2O.ClH/c1-13(2,3)11(15)12(17)16-8-9-4-6-10(14)7-5-9;/h4-7,11H,8,15H2,1-3H3,(H,16,17);1H/t11-;/m1./s1. The molecule has 5 heteroatoms. The highest BCUT2D eigenvalue weighted by Crippen LogP contribution is 2.17. The first-order valence-corrected chi connectivity index (χ1v) is 5.96. The van der Waals surface area contributed by atoms with Gasteiger partial charge in [0, 0.05) is 11.6 Å². The van der Waals surface area contributed by atoms with Crippen molar-refractivity contribution in [3.05, 3.63) is 34.9 Å². The first-order chi connectivity index (χ1) is 7.80. The molecule has 102 valence electrons. The van der Waals surface area contributed by atoms with Gasteiger partial charge >= 0.3 is 0 Å². The van der Waals surface area contributed by atoms with Crippen LogP contribution in [0, 0.1) is 5.41 Å². The van der Waals surface area contributed by atoms with Crippen molar-refractivity contribution >= 4 is 29.9 Å². The normalized spacial score (nSPS) is 12.5. The SMILES string of the molecule is CC(C)(C)[C@H](N)C(=O)NCc1ccc(Cl)cc1.Cl. The number of benzene rings is 1. The van der Waals surface area contributed by atoms with Crippen LogP contribution in [0.15, 0.2) is 24.3 Å². The van der Waals surface area contributed by atoms with E-state index in [9.17, 15) is 4.79 Å². The number of nitrogens with one attached hydrogen (secondary N) is 1. The van der Waals surface area contributed by atoms with Crippen LogP contribution in [0.1, 0.15) is 26.3 Å². The molecule has 0 aliphatic rings. The molecule has 0 aliphatic heterocycles. The van der Waals surface area contributed by atoms with Gasteiger partial charge in [0.15, 0.2) is 0 Å². The third kappa shape index (κ3) is 5.25. The minimum Gasteiger partial charge on any atom is -0.351 e. The third-order valence-corrected chi connectivity index (χ3v) is 2.85. The molecule has 0 saturated heterocycles. The molecule has 1 atom stereocenters. The van der Waals surface area contributed by atoms with Crippen molar-refractivity contribution in [1.82, 2.24) is 5.32 Å². The number of carbonyl (C=O) groups is 1. The van der Waals surface area contributed by atoms with Gasteiger partial charge < -0.3 is 11.1 Å². The van der Waals surface area contributed by atoms with Crippen LogP contribution in [-0.2, 0) is 11.3 Å². The van der Waals surface area contributed by atoms with Crippen LogP contribution in [-0.4, -0.2) is 11.9 Å². The number of rotatable bonds is 3. The maximum atomic E-state index is 11.8. The van der Waals surface area contributed by atoms with Gasteiger partial charge in [-0.25, -0.2) is 0 Å². The molecule has 1 aromatic rings. The van der Waals surface area contributed by atoms with E-state index < -0.39 is 6.04 Å². The molecule has 0 radical (unpaired) electrons. The second kappa shape index (κ2) is 6.98. The molecule has 1 amide bonds. The van der Waals surface area contributed by atoms with Crippen molar-refractivity contribution in [3.63, 3.8) is 0 Å². The fraction of sp³-hybridized carbons (Fsp3) is 0.462. The number of hydrogen-bond acceptors (Lipinski definition) is 2. The summed E-state index contributed by atoms with van der Waals surface area (Å²) >= 11 is 5.78. The van der Waals surface area contributed by atoms with E-state index in [2.05, 4.69) is 5.32 Å². The Morgan fingerprint density at radius 2 is 1.83 bits per heavy atom. The Labute approximate surface area is 119 Å². The van der Waals surface area contributed by atoms with Gasteiger partial charge in [-0.05, 0) is 23.1 Å². The van der Waals surface area contributed by atoms with Crippen molar-refractivity contribution in [2.75, 3.05) is 0 Å². The van der Waals surface area contributed by atoms with Gasteiger partial charge in [0.2, 0.25) is 5.91 Å². The lowest BCUT2D eigenvalue weighted by Crippen LogP contribution is -2.48. The van der Waals surface area contributed by atoms with Gasteiger partial charge in [-0.1, -0.05) is 44.5 Å². The predicted molar refractivity (Wildman–Crippen MR) is 78.0 cm³/mol. The largest absolute Gasteiger partial charge is 0.351 e. The second-order valence-electron chi connectivity index (χ2n) is 5.19. The average molecular weight is 291 g/mol. The van der Waals surface area contributed by atoms with E-state index in [0.717, 1.165) is 5.56 Å². The number of carbonyl (C=O) groups excluding carboxylic acids is 1. The van der Waals surface area contributed by atoms with E-state index in [1.807, 2.05) is 32.9 Å². The van der Waals surface area contributed by atoms with Crippen molar-refractivity contribution < 1.29 is 4.79 Å². The van der Waals surface area contributed by atoms with Gasteiger partial charge in [-0.3, -0.25) is 4.79 Å². The average Bonchev–Trinajstić information content (AvgIpc) is 2.25. The zero-order chi connectivity index (χ0) is 13.1. The fourth-order valence-corrected chi connectivity index (χ4v) is 1.42. The van der Waals surface area contributed by atoms with Crippen LogP contribution in [0.25, 0.3) is 0 Å². The topological polar surface area (TPSA) is 55.1 Å². The summed E-state index contributed by atoms with van der Waals surface area (Å²) in [4.78, 5) is 11.8. The van der Waals surface area contributed by atoms with Crippen LogP contribution in [0.5, 0.6) is 0 Å². The fourth-order valence-electron chi connectivity index (χ4n) is 1.29. The van der Waals surface area contributed by atoms with Crippen LogP contribution in [0.2, 0.25) is 5.02 Å². The summed E-state index contributed by atoms with van der Waals surface area (Å²) in [5, 5.41) is 3.50. The predicted octanol–water partition coefficient (Wildman–Crippen LogP) is 2.75. The highest BCUT2D eigenvalue weighted by Gasteiger charge is 2.26. The Morgan fingerprint density at radius 1 is 1.33 bits per heavy atom. The van der Waals surface area contributed by atoms with Crippen molar-refractivity contribution in [1.29, 1.82) is 0 Å². The molecule has 0 bridgehead atoms. The van der Waals surface area contributed by atoms with E-state index in [1.54, 1.807) is 12.1 Å². The van der Waals surface area contributed by atoms with Crippen molar-refractivity contribution in [3.8, 4) is 0 Å². The highest BCUT2D eigenvalue weighted by molar-refractivity contribution is 6.30. The lowest BCUT2D eigenvalue weighted by molar-refractivity contribution is -0.124. The van der Waals surface area contributed by atoms with Crippen molar-refractivity contribution in [2.45, 2.75) is 33.4 Å². The summed E-state index contributed by atoms with van der Waals surface area (Å²) in [7, 11) is 0. The van der Waals surface area contributed by atoms with Gasteiger partial charge in [-0.2, -0.15) is 0 Å². The van der Waals surface area contributed by atoms with Crippen LogP contribution in [0.4, 0.5) is 0 Å². The minimum absolute atomic E-state index is 0. The molecule has 0 fully saturated rings. The summed E-state index contributed by atoms with van der Waals surface area (Å²) in [5.41, 5.74) is 6.62. The van der Waals surface area contributed by atoms with E-state index in [0.29, 0.717) is 11.6 Å². The Hall–Kier alpha value is -0.770. The Kier molecular flexibility index (Phi) is 6.68. The van der Waals surface area contributed by atoms with Crippen LogP contribution < -0.4 is 11.1 Å². The molecule has 3 N–H and O–H groups in total. The number of nitrogens with two attached hydrogens (primary N) is 1. The lowest BCUT2D eigenvalue weighted by atomic mass is 9.87. The first-order valence-electron chi connectivity index (χ1n) is 5.58. The van der Waals surface area contributed by atoms with Crippen LogP contribution in [0.3, 0.4) is 0 Å². The second-order valence-corrected chi connectivity index (χ2v) is 5.62. The number of halogens is 2. The monoisotopic (exact) mass is 290 g/mol. The molecule has 1 aromatic carbocycles.